The lowest BCUT2D eigenvalue weighted by molar-refractivity contribution is 0.171. The largest absolute Gasteiger partial charge is 0.493 e. The first-order valence-corrected chi connectivity index (χ1v) is 5.57. The molecule has 0 saturated heterocycles. The molecule has 82 valence electrons. The molecule has 0 saturated carbocycles. The molecule has 1 aliphatic heterocycles. The fourth-order valence-corrected chi connectivity index (χ4v) is 1.81. The quantitative estimate of drug-likeness (QED) is 0.778. The van der Waals surface area contributed by atoms with E-state index in [9.17, 15) is 8.42 Å². The summed E-state index contributed by atoms with van der Waals surface area (Å²) in [6.07, 6.45) is 0. The van der Waals surface area contributed by atoms with Gasteiger partial charge in [0.25, 0.3) is 0 Å². The smallest absolute Gasteiger partial charge is 0.238 e. The first-order chi connectivity index (χ1) is 7.02. The summed E-state index contributed by atoms with van der Waals surface area (Å²) >= 11 is 0. The van der Waals surface area contributed by atoms with Crippen molar-refractivity contribution in [1.82, 2.24) is 0 Å². The molecule has 15 heavy (non-hydrogen) atoms. The summed E-state index contributed by atoms with van der Waals surface area (Å²) in [6.45, 7) is 0.0414. The highest BCUT2D eigenvalue weighted by atomic mass is 32.2. The second-order valence-electron chi connectivity index (χ2n) is 2.90. The van der Waals surface area contributed by atoms with Gasteiger partial charge in [-0.2, -0.15) is 0 Å². The maximum atomic E-state index is 11.1. The van der Waals surface area contributed by atoms with Crippen LogP contribution in [0, 0.1) is 0 Å². The van der Waals surface area contributed by atoms with Gasteiger partial charge in [-0.25, -0.2) is 13.6 Å². The molecule has 0 fully saturated rings. The molecule has 7 heteroatoms. The Hall–Kier alpha value is -1.47. The molecule has 0 amide bonds. The number of ether oxygens (including phenoxy) is 3. The van der Waals surface area contributed by atoms with E-state index in [0.717, 1.165) is 0 Å². The normalized spacial score (nSPS) is 14.0. The summed E-state index contributed by atoms with van der Waals surface area (Å²) < 4.78 is 37.4. The van der Waals surface area contributed by atoms with Crippen molar-refractivity contribution in [3.05, 3.63) is 12.1 Å². The molecule has 0 bridgehead atoms. The minimum atomic E-state index is -3.77. The molecule has 0 radical (unpaired) electrons. The van der Waals surface area contributed by atoms with Gasteiger partial charge in [-0.05, 0) is 0 Å². The predicted octanol–water partition coefficient (Wildman–Crippen LogP) is 0.0713. The molecule has 0 spiro atoms. The van der Waals surface area contributed by atoms with Crippen LogP contribution in [-0.4, -0.2) is 22.3 Å². The van der Waals surface area contributed by atoms with Crippen LogP contribution in [0.4, 0.5) is 0 Å². The maximum absolute atomic E-state index is 11.1. The fraction of sp³-hybridized carbons (Fsp3) is 0.250. The van der Waals surface area contributed by atoms with Gasteiger partial charge in [-0.1, -0.05) is 0 Å². The lowest BCUT2D eigenvalue weighted by atomic mass is 10.3. The van der Waals surface area contributed by atoms with Crippen LogP contribution < -0.4 is 19.3 Å². The molecule has 0 aliphatic carbocycles. The van der Waals surface area contributed by atoms with Crippen LogP contribution in [0.25, 0.3) is 0 Å². The summed E-state index contributed by atoms with van der Waals surface area (Å²) in [7, 11) is -2.37. The summed E-state index contributed by atoms with van der Waals surface area (Å²) in [5.74, 6) is 0.998. The predicted molar refractivity (Wildman–Crippen MR) is 50.5 cm³/mol. The highest BCUT2D eigenvalue weighted by Gasteiger charge is 2.23. The Morgan fingerprint density at radius 2 is 2.13 bits per heavy atom. The van der Waals surface area contributed by atoms with Gasteiger partial charge >= 0.3 is 0 Å². The lowest BCUT2D eigenvalue weighted by Crippen LogP contribution is -2.12. The highest BCUT2D eigenvalue weighted by Crippen LogP contribution is 2.42. The molecule has 2 N–H and O–H groups in total. The lowest BCUT2D eigenvalue weighted by Gasteiger charge is -2.06. The van der Waals surface area contributed by atoms with Crippen molar-refractivity contribution in [3.8, 4) is 17.2 Å². The molecule has 6 nitrogen and oxygen atoms in total. The summed E-state index contributed by atoms with van der Waals surface area (Å²) in [4.78, 5) is -0.0661. The highest BCUT2D eigenvalue weighted by molar-refractivity contribution is 7.89. The van der Waals surface area contributed by atoms with Crippen molar-refractivity contribution in [2.24, 2.45) is 5.14 Å². The van der Waals surface area contributed by atoms with E-state index in [0.29, 0.717) is 11.5 Å². The third kappa shape index (κ3) is 1.71. The zero-order chi connectivity index (χ0) is 11.1. The zero-order valence-electron chi connectivity index (χ0n) is 7.89. The minimum Gasteiger partial charge on any atom is -0.493 e. The third-order valence-corrected chi connectivity index (χ3v) is 2.85. The van der Waals surface area contributed by atoms with E-state index >= 15 is 0 Å². The monoisotopic (exact) mass is 231 g/mol. The Kier molecular flexibility index (Phi) is 2.20. The van der Waals surface area contributed by atoms with Crippen molar-refractivity contribution in [1.29, 1.82) is 0 Å². The number of rotatable bonds is 2. The number of sulfonamides is 1. The number of benzene rings is 1. The zero-order valence-corrected chi connectivity index (χ0v) is 8.71. The number of methoxy groups -OCH3 is 1. The van der Waals surface area contributed by atoms with Gasteiger partial charge in [-0.3, -0.25) is 0 Å². The molecule has 0 unspecified atom stereocenters. The average Bonchev–Trinajstić information content (AvgIpc) is 2.62. The van der Waals surface area contributed by atoms with Gasteiger partial charge in [0.05, 0.1) is 12.0 Å². The Morgan fingerprint density at radius 1 is 1.40 bits per heavy atom. The van der Waals surface area contributed by atoms with Crippen LogP contribution in [0.2, 0.25) is 0 Å². The van der Waals surface area contributed by atoms with Crippen molar-refractivity contribution in [3.63, 3.8) is 0 Å². The Morgan fingerprint density at radius 3 is 2.73 bits per heavy atom. The van der Waals surface area contributed by atoms with Crippen molar-refractivity contribution >= 4 is 10.0 Å². The van der Waals surface area contributed by atoms with E-state index in [-0.39, 0.29) is 17.4 Å². The molecule has 2 rings (SSSR count). The van der Waals surface area contributed by atoms with Gasteiger partial charge in [0.2, 0.25) is 22.6 Å². The van der Waals surface area contributed by atoms with E-state index in [1.54, 1.807) is 0 Å². The molecule has 1 heterocycles. The summed E-state index contributed by atoms with van der Waals surface area (Å²) in [5.41, 5.74) is 0. The van der Waals surface area contributed by atoms with E-state index < -0.39 is 10.0 Å². The first-order valence-electron chi connectivity index (χ1n) is 4.03. The topological polar surface area (TPSA) is 87.9 Å². The van der Waals surface area contributed by atoms with Crippen molar-refractivity contribution in [2.75, 3.05) is 13.9 Å². The van der Waals surface area contributed by atoms with Gasteiger partial charge < -0.3 is 14.2 Å². The average molecular weight is 231 g/mol. The van der Waals surface area contributed by atoms with Crippen LogP contribution in [-0.2, 0) is 10.0 Å². The molecule has 1 aromatic rings. The van der Waals surface area contributed by atoms with E-state index in [2.05, 4.69) is 0 Å². The van der Waals surface area contributed by atoms with Crippen LogP contribution in [0.15, 0.2) is 17.0 Å². The van der Waals surface area contributed by atoms with Crippen LogP contribution >= 0.6 is 0 Å². The Bertz CT molecular complexity index is 496. The van der Waals surface area contributed by atoms with E-state index in [4.69, 9.17) is 19.3 Å². The molecule has 1 aromatic carbocycles. The second-order valence-corrected chi connectivity index (χ2v) is 4.47. The SMILES string of the molecule is COc1cc(S(N)(=O)=O)cc2c1OCO2. The molecular formula is C8H9NO5S. The molecular weight excluding hydrogens is 222 g/mol. The number of fused-ring (bicyclic) bond motifs is 1. The number of primary sulfonamides is 1. The van der Waals surface area contributed by atoms with Crippen LogP contribution in [0.5, 0.6) is 17.2 Å². The third-order valence-electron chi connectivity index (χ3n) is 1.96. The second kappa shape index (κ2) is 3.28. The Balaban J connectivity index is 2.63. The minimum absolute atomic E-state index is 0.0414. The van der Waals surface area contributed by atoms with Crippen LogP contribution in [0.1, 0.15) is 0 Å². The fourth-order valence-electron chi connectivity index (χ4n) is 1.27. The summed E-state index contributed by atoms with van der Waals surface area (Å²) in [6, 6.07) is 2.60. The number of hydrogen-bond donors (Lipinski definition) is 1. The van der Waals surface area contributed by atoms with Gasteiger partial charge in [0.1, 0.15) is 0 Å². The summed E-state index contributed by atoms with van der Waals surface area (Å²) in [5, 5.41) is 4.99. The number of hydrogen-bond acceptors (Lipinski definition) is 5. The standard InChI is InChI=1S/C8H9NO5S/c1-12-6-2-5(15(9,10)11)3-7-8(6)14-4-13-7/h2-3H,4H2,1H3,(H2,9,10,11). The maximum Gasteiger partial charge on any atom is 0.238 e. The van der Waals surface area contributed by atoms with Crippen LogP contribution in [0.3, 0.4) is 0 Å². The van der Waals surface area contributed by atoms with Gasteiger partial charge in [0, 0.05) is 12.1 Å². The number of nitrogens with two attached hydrogens (primary N) is 1. The Labute approximate surface area is 86.6 Å². The van der Waals surface area contributed by atoms with E-state index in [1.165, 1.54) is 19.2 Å². The van der Waals surface area contributed by atoms with Gasteiger partial charge in [-0.15, -0.1) is 0 Å². The van der Waals surface area contributed by atoms with Crippen molar-refractivity contribution in [2.45, 2.75) is 4.90 Å². The molecule has 0 atom stereocenters. The van der Waals surface area contributed by atoms with Crippen molar-refractivity contribution < 1.29 is 22.6 Å². The van der Waals surface area contributed by atoms with Gasteiger partial charge in [0.15, 0.2) is 11.5 Å². The van der Waals surface area contributed by atoms with E-state index in [1.807, 2.05) is 0 Å². The first kappa shape index (κ1) is 10.1. The molecule has 0 aromatic heterocycles. The molecule has 1 aliphatic rings.